The summed E-state index contributed by atoms with van der Waals surface area (Å²) < 4.78 is 2.01. The maximum atomic E-state index is 6.25. The zero-order valence-electron chi connectivity index (χ0n) is 15.4. The van der Waals surface area contributed by atoms with Crippen molar-refractivity contribution in [3.05, 3.63) is 47.3 Å². The van der Waals surface area contributed by atoms with Gasteiger partial charge in [-0.15, -0.1) is 0 Å². The quantitative estimate of drug-likeness (QED) is 0.912. The topological polar surface area (TPSA) is 47.1 Å². The Morgan fingerprint density at radius 2 is 2.08 bits per heavy atom. The second-order valence-corrected chi connectivity index (χ2v) is 7.60. The third-order valence-corrected chi connectivity index (χ3v) is 5.36. The highest BCUT2D eigenvalue weighted by Crippen LogP contribution is 2.42. The Morgan fingerprint density at radius 1 is 1.29 bits per heavy atom. The fraction of sp³-hybridized carbons (Fsp3) is 0.550. The van der Waals surface area contributed by atoms with Gasteiger partial charge in [-0.1, -0.05) is 26.8 Å². The molecule has 2 heterocycles. The largest absolute Gasteiger partial charge is 0.369 e. The van der Waals surface area contributed by atoms with E-state index in [4.69, 9.17) is 5.73 Å². The maximum absolute atomic E-state index is 6.25. The Hall–Kier alpha value is -1.81. The second kappa shape index (κ2) is 6.60. The molecule has 1 atom stereocenters. The van der Waals surface area contributed by atoms with Crippen molar-refractivity contribution in [2.75, 3.05) is 18.0 Å². The number of fused-ring (bicyclic) bond motifs is 1. The molecule has 130 valence electrons. The minimum atomic E-state index is 0.0725. The van der Waals surface area contributed by atoms with Crippen molar-refractivity contribution >= 4 is 5.69 Å². The first-order valence-electron chi connectivity index (χ1n) is 9.07. The number of rotatable bonds is 5. The van der Waals surface area contributed by atoms with Crippen LogP contribution in [-0.4, -0.2) is 22.9 Å². The SMILES string of the molecule is CCc1cc2c(cc1[C@H](C)N)N(CCn1cccn1)CCC2(C)C. The monoisotopic (exact) mass is 326 g/mol. The molecule has 0 aliphatic carbocycles. The second-order valence-electron chi connectivity index (χ2n) is 7.60. The van der Waals surface area contributed by atoms with E-state index >= 15 is 0 Å². The van der Waals surface area contributed by atoms with Gasteiger partial charge in [0.2, 0.25) is 0 Å². The fourth-order valence-electron chi connectivity index (χ4n) is 3.74. The molecule has 0 radical (unpaired) electrons. The van der Waals surface area contributed by atoms with Crippen LogP contribution < -0.4 is 10.6 Å². The molecule has 0 saturated heterocycles. The Bertz CT molecular complexity index is 686. The van der Waals surface area contributed by atoms with Gasteiger partial charge < -0.3 is 10.6 Å². The van der Waals surface area contributed by atoms with Crippen LogP contribution >= 0.6 is 0 Å². The zero-order valence-corrected chi connectivity index (χ0v) is 15.4. The number of aryl methyl sites for hydroxylation is 1. The molecule has 1 aliphatic heterocycles. The molecule has 1 aliphatic rings. The maximum Gasteiger partial charge on any atom is 0.0584 e. The highest BCUT2D eigenvalue weighted by molar-refractivity contribution is 5.62. The summed E-state index contributed by atoms with van der Waals surface area (Å²) in [5.74, 6) is 0. The van der Waals surface area contributed by atoms with E-state index in [0.717, 1.165) is 26.1 Å². The first-order valence-corrected chi connectivity index (χ1v) is 9.07. The molecule has 0 saturated carbocycles. The van der Waals surface area contributed by atoms with Crippen LogP contribution in [0.15, 0.2) is 30.6 Å². The van der Waals surface area contributed by atoms with Gasteiger partial charge in [-0.25, -0.2) is 0 Å². The van der Waals surface area contributed by atoms with Crippen LogP contribution in [0, 0.1) is 0 Å². The number of nitrogens with zero attached hydrogens (tertiary/aromatic N) is 3. The minimum Gasteiger partial charge on any atom is -0.369 e. The molecule has 4 nitrogen and oxygen atoms in total. The molecule has 0 amide bonds. The van der Waals surface area contributed by atoms with E-state index in [9.17, 15) is 0 Å². The fourth-order valence-corrected chi connectivity index (χ4v) is 3.74. The number of aromatic nitrogens is 2. The zero-order chi connectivity index (χ0) is 17.3. The van der Waals surface area contributed by atoms with Gasteiger partial charge >= 0.3 is 0 Å². The molecule has 0 spiro atoms. The van der Waals surface area contributed by atoms with Gasteiger partial charge in [-0.05, 0) is 54.0 Å². The van der Waals surface area contributed by atoms with Crippen molar-refractivity contribution in [2.24, 2.45) is 5.73 Å². The van der Waals surface area contributed by atoms with E-state index in [0.29, 0.717) is 0 Å². The Labute approximate surface area is 145 Å². The van der Waals surface area contributed by atoms with Gasteiger partial charge in [0.1, 0.15) is 0 Å². The number of benzene rings is 1. The van der Waals surface area contributed by atoms with Crippen molar-refractivity contribution in [2.45, 2.75) is 58.5 Å². The molecule has 1 aromatic heterocycles. The smallest absolute Gasteiger partial charge is 0.0584 e. The molecule has 2 aromatic rings. The number of hydrogen-bond acceptors (Lipinski definition) is 3. The molecule has 0 bridgehead atoms. The lowest BCUT2D eigenvalue weighted by Crippen LogP contribution is -2.39. The minimum absolute atomic E-state index is 0.0725. The lowest BCUT2D eigenvalue weighted by atomic mass is 9.76. The van der Waals surface area contributed by atoms with Crippen LogP contribution in [0.5, 0.6) is 0 Å². The van der Waals surface area contributed by atoms with E-state index < -0.39 is 0 Å². The summed E-state index contributed by atoms with van der Waals surface area (Å²) in [6, 6.07) is 6.81. The predicted molar refractivity (Wildman–Crippen MR) is 101 cm³/mol. The van der Waals surface area contributed by atoms with Crippen molar-refractivity contribution < 1.29 is 0 Å². The highest BCUT2D eigenvalue weighted by atomic mass is 15.3. The summed E-state index contributed by atoms with van der Waals surface area (Å²) in [4.78, 5) is 2.51. The summed E-state index contributed by atoms with van der Waals surface area (Å²) >= 11 is 0. The molecule has 1 aromatic carbocycles. The van der Waals surface area contributed by atoms with E-state index in [1.807, 2.05) is 23.1 Å². The molecule has 4 heteroatoms. The Morgan fingerprint density at radius 3 is 2.71 bits per heavy atom. The van der Waals surface area contributed by atoms with Crippen molar-refractivity contribution in [3.8, 4) is 0 Å². The summed E-state index contributed by atoms with van der Waals surface area (Å²) in [7, 11) is 0. The van der Waals surface area contributed by atoms with Gasteiger partial charge in [-0.2, -0.15) is 5.10 Å². The van der Waals surface area contributed by atoms with Crippen LogP contribution in [0.25, 0.3) is 0 Å². The number of hydrogen-bond donors (Lipinski definition) is 1. The lowest BCUT2D eigenvalue weighted by Gasteiger charge is -2.41. The van der Waals surface area contributed by atoms with Crippen LogP contribution in [0.2, 0.25) is 0 Å². The van der Waals surface area contributed by atoms with E-state index in [1.54, 1.807) is 0 Å². The average molecular weight is 326 g/mol. The van der Waals surface area contributed by atoms with Gasteiger partial charge in [-0.3, -0.25) is 4.68 Å². The molecule has 0 fully saturated rings. The molecule has 2 N–H and O–H groups in total. The first-order chi connectivity index (χ1) is 11.4. The van der Waals surface area contributed by atoms with Crippen molar-refractivity contribution in [1.29, 1.82) is 0 Å². The van der Waals surface area contributed by atoms with Crippen LogP contribution in [0.3, 0.4) is 0 Å². The summed E-state index contributed by atoms with van der Waals surface area (Å²) in [6.45, 7) is 12.0. The van der Waals surface area contributed by atoms with Gasteiger partial charge in [0, 0.05) is 37.2 Å². The molecule has 0 unspecified atom stereocenters. The summed E-state index contributed by atoms with van der Waals surface area (Å²) in [5.41, 5.74) is 12.0. The lowest BCUT2D eigenvalue weighted by molar-refractivity contribution is 0.445. The first kappa shape index (κ1) is 17.0. The highest BCUT2D eigenvalue weighted by Gasteiger charge is 2.32. The van der Waals surface area contributed by atoms with Gasteiger partial charge in [0.05, 0.1) is 6.54 Å². The summed E-state index contributed by atoms with van der Waals surface area (Å²) in [6.07, 6.45) is 6.09. The van der Waals surface area contributed by atoms with Gasteiger partial charge in [0.25, 0.3) is 0 Å². The van der Waals surface area contributed by atoms with Gasteiger partial charge in [0.15, 0.2) is 0 Å². The molecular weight excluding hydrogens is 296 g/mol. The predicted octanol–water partition coefficient (Wildman–Crippen LogP) is 3.65. The third kappa shape index (κ3) is 3.20. The van der Waals surface area contributed by atoms with Crippen LogP contribution in [0.1, 0.15) is 56.8 Å². The van der Waals surface area contributed by atoms with E-state index in [-0.39, 0.29) is 11.5 Å². The Balaban J connectivity index is 1.96. The summed E-state index contributed by atoms with van der Waals surface area (Å²) in [5, 5.41) is 4.33. The molecule has 3 rings (SSSR count). The van der Waals surface area contributed by atoms with Crippen LogP contribution in [-0.2, 0) is 18.4 Å². The van der Waals surface area contributed by atoms with E-state index in [1.165, 1.54) is 28.8 Å². The van der Waals surface area contributed by atoms with E-state index in [2.05, 4.69) is 49.8 Å². The number of anilines is 1. The Kier molecular flexibility index (Phi) is 4.68. The molecule has 24 heavy (non-hydrogen) atoms. The number of nitrogens with two attached hydrogens (primary N) is 1. The third-order valence-electron chi connectivity index (χ3n) is 5.36. The van der Waals surface area contributed by atoms with Crippen LogP contribution in [0.4, 0.5) is 5.69 Å². The van der Waals surface area contributed by atoms with Crippen molar-refractivity contribution in [1.82, 2.24) is 9.78 Å². The standard InChI is InChI=1S/C20H30N4/c1-5-16-13-18-19(14-17(16)15(2)21)23(10-7-20(18,3)4)11-12-24-9-6-8-22-24/h6,8-9,13-15H,5,7,10-12,21H2,1-4H3/t15-/m0/s1. The molecular formula is C20H30N4. The van der Waals surface area contributed by atoms with Crippen molar-refractivity contribution in [3.63, 3.8) is 0 Å². The normalized spacial score (nSPS) is 17.6. The average Bonchev–Trinajstić information content (AvgIpc) is 3.06.